The highest BCUT2D eigenvalue weighted by molar-refractivity contribution is 6.04. The van der Waals surface area contributed by atoms with Crippen LogP contribution < -0.4 is 85.1 Å². The smallest absolute Gasteiger partial charge is 0.249 e. The molecule has 794 valence electrons. The summed E-state index contributed by atoms with van der Waals surface area (Å²) in [5.41, 5.74) is 3.47. The second-order valence-corrected chi connectivity index (χ2v) is 42.5. The van der Waals surface area contributed by atoms with Crippen LogP contribution >= 0.6 is 0 Å². The lowest BCUT2D eigenvalue weighted by Crippen LogP contribution is -2.62. The summed E-state index contributed by atoms with van der Waals surface area (Å²) in [6.45, 7) is 36.1. The van der Waals surface area contributed by atoms with E-state index in [0.29, 0.717) is 38.5 Å². The minimum absolute atomic E-state index is 0.00609. The van der Waals surface area contributed by atoms with Gasteiger partial charge < -0.3 is 120 Å². The number of nitrogens with zero attached hydrogens (tertiary/aromatic N) is 1. The van der Waals surface area contributed by atoms with E-state index in [0.717, 1.165) is 32.4 Å². The molecule has 0 aliphatic carbocycles. The van der Waals surface area contributed by atoms with Gasteiger partial charge in [0.05, 0.1) is 13.2 Å². The van der Waals surface area contributed by atoms with E-state index < -0.39 is 220 Å². The number of amides is 16. The molecular formula is C107H152N21O18-. The summed E-state index contributed by atoms with van der Waals surface area (Å²) in [5.74, 6) is -15.7. The molecule has 1 aliphatic heterocycles. The zero-order valence-corrected chi connectivity index (χ0v) is 87.9. The van der Waals surface area contributed by atoms with Crippen molar-refractivity contribution < 1.29 is 81.8 Å². The Kier molecular flexibility index (Phi) is 41.5. The lowest BCUT2D eigenvalue weighted by molar-refractivity contribution is -0.137. The zero-order chi connectivity index (χ0) is 108. The van der Waals surface area contributed by atoms with Crippen LogP contribution in [-0.4, -0.2) is 240 Å². The van der Waals surface area contributed by atoms with E-state index in [2.05, 4.69) is 105 Å². The Hall–Kier alpha value is -13.8. The molecule has 39 heteroatoms. The number of hydrogen-bond donors (Lipinski definition) is 21. The fourth-order valence-corrected chi connectivity index (χ4v) is 18.1. The molecule has 0 saturated carbocycles. The highest BCUT2D eigenvalue weighted by Crippen LogP contribution is 2.39. The lowest BCUT2D eigenvalue weighted by atomic mass is 9.94. The second kappa shape index (κ2) is 52.3. The minimum Gasteiger partial charge on any atom is -0.784 e. The first-order chi connectivity index (χ1) is 68.8. The summed E-state index contributed by atoms with van der Waals surface area (Å²) in [6.07, 6.45) is 8.12. The SMILES string of the molecule is CC(C)C[C@@H](NC(=O)[C@H](C)NC(=O)CNC(=O)[C@@H](NC(=O)C1=CC(C)(C)N([O-])C1(C)C)C(C)C)C(=O)N[C@@H](C)C(=O)N[C@@H](C(=O)N[C@H](C(=O)N[C@@H](C(=O)N[C@@H](Cc1c[nH]c2ccccc12)C(=O)N[C@H](CC(C)C)C(=O)N[C@@H](Cc1c[nH]c2ccccc12)C(=O)N[C@H](CC(C)C)C(=O)N[C@@H](Cc1c[nH]c2ccccc12)C(=O)N[C@H](CC(C)C)C(=O)N[C@@H](Cc1c[nH]c2ccccc12)C(=O)NCCO)C(C)C)C(C)C)C(C)C. The first-order valence-corrected chi connectivity index (χ1v) is 50.6. The van der Waals surface area contributed by atoms with Gasteiger partial charge in [-0.25, -0.2) is 0 Å². The van der Waals surface area contributed by atoms with Crippen molar-refractivity contribution in [1.82, 2.24) is 110 Å². The van der Waals surface area contributed by atoms with E-state index in [4.69, 9.17) is 0 Å². The van der Waals surface area contributed by atoms with Gasteiger partial charge in [0.2, 0.25) is 94.5 Å². The molecule has 5 heterocycles. The van der Waals surface area contributed by atoms with Crippen LogP contribution in [0.5, 0.6) is 0 Å². The van der Waals surface area contributed by atoms with Gasteiger partial charge in [-0.05, 0) is 161 Å². The number of aliphatic hydroxyl groups is 1. The monoisotopic (exact) mass is 2020 g/mol. The maximum Gasteiger partial charge on any atom is 0.249 e. The van der Waals surface area contributed by atoms with Crippen molar-refractivity contribution in [3.8, 4) is 0 Å². The highest BCUT2D eigenvalue weighted by atomic mass is 16.5. The number of carbonyl (C=O) groups is 16. The maximum atomic E-state index is 15.6. The number of aromatic nitrogens is 4. The van der Waals surface area contributed by atoms with Crippen molar-refractivity contribution in [3.63, 3.8) is 0 Å². The number of nitrogens with one attached hydrogen (secondary N) is 20. The molecule has 1 aliphatic rings. The van der Waals surface area contributed by atoms with Crippen molar-refractivity contribution >= 4 is 138 Å². The number of hydrogen-bond acceptors (Lipinski definition) is 19. The fourth-order valence-electron chi connectivity index (χ4n) is 18.1. The Morgan fingerprint density at radius 1 is 0.308 bits per heavy atom. The quantitative estimate of drug-likeness (QED) is 0.0206. The molecule has 0 unspecified atom stereocenters. The van der Waals surface area contributed by atoms with Crippen LogP contribution in [0.25, 0.3) is 43.6 Å². The molecule has 9 rings (SSSR count). The summed E-state index contributed by atoms with van der Waals surface area (Å²) in [7, 11) is 0. The Morgan fingerprint density at radius 2 is 0.568 bits per heavy atom. The summed E-state index contributed by atoms with van der Waals surface area (Å²) in [6, 6.07) is 10.7. The first kappa shape index (κ1) is 116. The Labute approximate surface area is 853 Å². The van der Waals surface area contributed by atoms with Gasteiger partial charge in [-0.2, -0.15) is 0 Å². The Balaban J connectivity index is 0.890. The number of fused-ring (bicyclic) bond motifs is 4. The minimum atomic E-state index is -1.49. The third kappa shape index (κ3) is 31.6. The van der Waals surface area contributed by atoms with Crippen LogP contribution in [0.2, 0.25) is 0 Å². The van der Waals surface area contributed by atoms with Crippen molar-refractivity contribution in [1.29, 1.82) is 0 Å². The van der Waals surface area contributed by atoms with E-state index in [1.165, 1.54) is 13.8 Å². The number of aliphatic hydroxyl groups excluding tert-OH is 1. The summed E-state index contributed by atoms with van der Waals surface area (Å²) < 4.78 is 0. The summed E-state index contributed by atoms with van der Waals surface area (Å²) >= 11 is 0. The van der Waals surface area contributed by atoms with Crippen molar-refractivity contribution in [2.24, 2.45) is 47.3 Å². The average molecular weight is 2020 g/mol. The predicted molar refractivity (Wildman–Crippen MR) is 558 cm³/mol. The molecule has 0 saturated heterocycles. The molecule has 0 fully saturated rings. The number of rotatable bonds is 53. The van der Waals surface area contributed by atoms with E-state index in [1.54, 1.807) is 134 Å². The molecule has 39 nitrogen and oxygen atoms in total. The van der Waals surface area contributed by atoms with Crippen LogP contribution in [0.15, 0.2) is 133 Å². The molecule has 0 spiro atoms. The van der Waals surface area contributed by atoms with Crippen LogP contribution in [0.3, 0.4) is 0 Å². The maximum absolute atomic E-state index is 15.6. The van der Waals surface area contributed by atoms with Gasteiger partial charge in [-0.15, -0.1) is 0 Å². The van der Waals surface area contributed by atoms with Crippen LogP contribution in [0.4, 0.5) is 0 Å². The Morgan fingerprint density at radius 3 is 0.877 bits per heavy atom. The van der Waals surface area contributed by atoms with E-state index in [9.17, 15) is 58.3 Å². The van der Waals surface area contributed by atoms with Gasteiger partial charge in [-0.3, -0.25) is 76.7 Å². The van der Waals surface area contributed by atoms with Gasteiger partial charge in [0.1, 0.15) is 84.6 Å². The first-order valence-electron chi connectivity index (χ1n) is 50.6. The number of hydroxylamine groups is 2. The molecule has 4 aromatic carbocycles. The van der Waals surface area contributed by atoms with E-state index >= 15 is 28.8 Å². The normalized spacial score (nSPS) is 16.0. The molecule has 21 N–H and O–H groups in total. The topological polar surface area (TPSA) is 575 Å². The molecular weight excluding hydrogens is 1870 g/mol. The largest absolute Gasteiger partial charge is 0.784 e. The number of carbonyl (C=O) groups excluding carboxylic acids is 16. The lowest BCUT2D eigenvalue weighted by Gasteiger charge is -2.47. The number of H-pyrrole nitrogens is 4. The number of para-hydroxylation sites is 4. The molecule has 8 aromatic rings. The summed E-state index contributed by atoms with van der Waals surface area (Å²) in [4.78, 5) is 246. The van der Waals surface area contributed by atoms with Crippen LogP contribution in [0, 0.1) is 52.6 Å². The van der Waals surface area contributed by atoms with Crippen LogP contribution in [-0.2, 0) is 102 Å². The van der Waals surface area contributed by atoms with Crippen molar-refractivity contribution in [3.05, 3.63) is 161 Å². The number of benzene rings is 4. The van der Waals surface area contributed by atoms with Crippen molar-refractivity contribution in [2.45, 2.75) is 299 Å². The van der Waals surface area contributed by atoms with Gasteiger partial charge in [-0.1, -0.05) is 190 Å². The van der Waals surface area contributed by atoms with Gasteiger partial charge in [0, 0.05) is 117 Å². The molecule has 4 aromatic heterocycles. The average Bonchev–Trinajstić information content (AvgIpc) is 1.60. The third-order valence-electron chi connectivity index (χ3n) is 26.1. The van der Waals surface area contributed by atoms with Gasteiger partial charge >= 0.3 is 0 Å². The molecule has 0 radical (unpaired) electrons. The number of aromatic amines is 4. The van der Waals surface area contributed by atoms with Gasteiger partial charge in [0.25, 0.3) is 0 Å². The summed E-state index contributed by atoms with van der Waals surface area (Å²) in [5, 5.41) is 70.8. The predicted octanol–water partition coefficient (Wildman–Crippen LogP) is 6.04. The fraction of sp³-hybridized carbons (Fsp3) is 0.533. The van der Waals surface area contributed by atoms with Crippen LogP contribution in [0.1, 0.15) is 200 Å². The van der Waals surface area contributed by atoms with E-state index in [1.807, 2.05) is 133 Å². The van der Waals surface area contributed by atoms with Crippen molar-refractivity contribution in [2.75, 3.05) is 19.7 Å². The third-order valence-corrected chi connectivity index (χ3v) is 26.1. The highest BCUT2D eigenvalue weighted by Gasteiger charge is 2.45. The molecule has 16 amide bonds. The molecule has 146 heavy (non-hydrogen) atoms. The van der Waals surface area contributed by atoms with Gasteiger partial charge in [0.15, 0.2) is 0 Å². The standard InChI is InChI=1S/C107H152N21O18/c1-55(2)41-78(116-91(131)63(17)114-86(130)54-113-102(142)87(59(9)10)125-93(133)73-49-106(19,20)128(146)107(73,21)22)95(135)115-64(18)92(132)124-89(61(13)14)104(144)127-90(62(15)16)105(145)126-88(60(11)12)103(143)123-85(48-68-53-112-77-38-30-26-34-72(68)77)101(141)119-81(44-58(7)8)98(138)122-84(47-67-52-111-76-37-29-25-33-71(67)76)100(140)118-80(43-57(5)6)97(137)121-83(46-66-51-110-75-36-28-24-32-70(66)75)99(139)117-79(42-56(3)4)96(136)120-82(94(134)108-39-40-129)45-65-50-109-74-35-27-23-31-69(65)74/h23-38,49-53,55-64,78-85,87-90,109-112,129H,39-48,54H2,1-22H3,(H,108,134)(H,113,142)(H,114,130)(H,115,135)(H,116,131)(H,117,139)(H,118,140)(H,119,141)(H,120,136)(H,121,137)(H,122,138)(H,123,143)(H,124,132)(H,125,133)(H,126,145)(H,127,144)/q-1/t63-,64-,78+,79+,80+,81+,82-,83-,84-,85-,87-,88+,89+,90-/m0/s1. The van der Waals surface area contributed by atoms with E-state index in [-0.39, 0.29) is 93.8 Å². The second-order valence-electron chi connectivity index (χ2n) is 42.5. The molecule has 0 bridgehead atoms. The molecule has 14 atom stereocenters. The Bertz CT molecular complexity index is 5980. The zero-order valence-electron chi connectivity index (χ0n) is 87.9.